The van der Waals surface area contributed by atoms with Crippen molar-refractivity contribution in [2.45, 2.75) is 207 Å². The van der Waals surface area contributed by atoms with E-state index in [1.54, 1.807) is 0 Å². The first-order valence-corrected chi connectivity index (χ1v) is 23.7. The van der Waals surface area contributed by atoms with Crippen molar-refractivity contribution in [1.29, 1.82) is 0 Å². The number of hydrogen-bond acceptors (Lipinski definition) is 6. The molecule has 0 rings (SSSR count). The highest BCUT2D eigenvalue weighted by atomic mass is 16.6. The standard InChI is InChI=1S/C53H86O6/c1-4-7-10-13-16-19-22-25-26-29-31-34-37-40-43-46-52(55)58-49-50(59-53(56)47-44-41-38-35-32-28-24-21-18-15-12-9-6-3)48-57-51(54)45-42-39-36-33-30-27-23-20-17-14-11-8-5-2/h7,9-10,12,16,18-19,21,25-26,28,31-32,34,38,41,50H,4-6,8,11,13-15,17,20,22-24,27,29-30,33,35-37,39-40,42-49H2,1-3H3/b10-7-,12-9-,19-16-,21-18-,26-25-,32-28-,34-31-,41-38-. The van der Waals surface area contributed by atoms with Crippen LogP contribution in [0.25, 0.3) is 0 Å². The van der Waals surface area contributed by atoms with Crippen LogP contribution in [0, 0.1) is 0 Å². The summed E-state index contributed by atoms with van der Waals surface area (Å²) in [6.45, 7) is 6.29. The summed E-state index contributed by atoms with van der Waals surface area (Å²) in [6, 6.07) is 0. The minimum atomic E-state index is -0.830. The van der Waals surface area contributed by atoms with Gasteiger partial charge in [-0.05, 0) is 83.5 Å². The molecule has 59 heavy (non-hydrogen) atoms. The Hall–Kier alpha value is -3.67. The molecule has 0 bridgehead atoms. The molecular formula is C53H86O6. The SMILES string of the molecule is CC/C=C\C/C=C\C/C=C\C/C=C\CCCCC(=O)OCC(COC(=O)CCCCCCCCCCCCCCC)OC(=O)CC/C=C\C/C=C\C/C=C\C/C=C\CC. The number of hydrogen-bond donors (Lipinski definition) is 0. The lowest BCUT2D eigenvalue weighted by Crippen LogP contribution is -2.30. The topological polar surface area (TPSA) is 78.9 Å². The number of ether oxygens (including phenoxy) is 3. The van der Waals surface area contributed by atoms with E-state index in [9.17, 15) is 14.4 Å². The zero-order chi connectivity index (χ0) is 43.0. The minimum Gasteiger partial charge on any atom is -0.462 e. The number of rotatable bonds is 41. The molecule has 6 heteroatoms. The molecule has 6 nitrogen and oxygen atoms in total. The highest BCUT2D eigenvalue weighted by molar-refractivity contribution is 5.71. The van der Waals surface area contributed by atoms with Crippen molar-refractivity contribution in [2.24, 2.45) is 0 Å². The van der Waals surface area contributed by atoms with Crippen LogP contribution in [0.4, 0.5) is 0 Å². The van der Waals surface area contributed by atoms with Crippen LogP contribution in [0.3, 0.4) is 0 Å². The molecule has 0 aliphatic heterocycles. The Bertz CT molecular complexity index is 1220. The molecule has 0 saturated carbocycles. The summed E-state index contributed by atoms with van der Waals surface area (Å²) in [5.74, 6) is -1.05. The average Bonchev–Trinajstić information content (AvgIpc) is 3.23. The minimum absolute atomic E-state index is 0.119. The van der Waals surface area contributed by atoms with E-state index in [1.807, 2.05) is 12.2 Å². The molecular weight excluding hydrogens is 733 g/mol. The van der Waals surface area contributed by atoms with E-state index in [1.165, 1.54) is 64.2 Å². The van der Waals surface area contributed by atoms with Crippen molar-refractivity contribution < 1.29 is 28.6 Å². The molecule has 334 valence electrons. The normalized spacial score (nSPS) is 12.9. The molecule has 0 aliphatic carbocycles. The molecule has 0 radical (unpaired) electrons. The van der Waals surface area contributed by atoms with Crippen LogP contribution < -0.4 is 0 Å². The monoisotopic (exact) mass is 819 g/mol. The van der Waals surface area contributed by atoms with Crippen LogP contribution in [0.15, 0.2) is 97.2 Å². The summed E-state index contributed by atoms with van der Waals surface area (Å²) >= 11 is 0. The summed E-state index contributed by atoms with van der Waals surface area (Å²) < 4.78 is 16.6. The van der Waals surface area contributed by atoms with E-state index in [0.29, 0.717) is 25.7 Å². The average molecular weight is 819 g/mol. The molecule has 0 N–H and O–H groups in total. The van der Waals surface area contributed by atoms with Crippen LogP contribution in [0.1, 0.15) is 201 Å². The van der Waals surface area contributed by atoms with Crippen LogP contribution in [-0.4, -0.2) is 37.2 Å². The van der Waals surface area contributed by atoms with Gasteiger partial charge in [0.2, 0.25) is 0 Å². The predicted octanol–water partition coefficient (Wildman–Crippen LogP) is 15.4. The van der Waals surface area contributed by atoms with Gasteiger partial charge in [0.15, 0.2) is 6.10 Å². The van der Waals surface area contributed by atoms with Crippen molar-refractivity contribution in [3.05, 3.63) is 97.2 Å². The molecule has 0 saturated heterocycles. The lowest BCUT2D eigenvalue weighted by molar-refractivity contribution is -0.166. The first-order chi connectivity index (χ1) is 29.0. The molecule has 0 aromatic carbocycles. The zero-order valence-electron chi connectivity index (χ0n) is 38.0. The third kappa shape index (κ3) is 45.3. The fraction of sp³-hybridized carbons (Fsp3) is 0.642. The van der Waals surface area contributed by atoms with Gasteiger partial charge in [0.05, 0.1) is 0 Å². The van der Waals surface area contributed by atoms with Crippen molar-refractivity contribution in [3.8, 4) is 0 Å². The lowest BCUT2D eigenvalue weighted by Gasteiger charge is -2.18. The number of carbonyl (C=O) groups is 3. The van der Waals surface area contributed by atoms with E-state index < -0.39 is 12.1 Å². The summed E-state index contributed by atoms with van der Waals surface area (Å²) in [5.41, 5.74) is 0. The van der Waals surface area contributed by atoms with E-state index in [-0.39, 0.29) is 31.6 Å². The van der Waals surface area contributed by atoms with Crippen LogP contribution in [-0.2, 0) is 28.6 Å². The van der Waals surface area contributed by atoms with Gasteiger partial charge in [-0.1, -0.05) is 195 Å². The lowest BCUT2D eigenvalue weighted by atomic mass is 10.0. The highest BCUT2D eigenvalue weighted by Gasteiger charge is 2.19. The van der Waals surface area contributed by atoms with E-state index in [4.69, 9.17) is 14.2 Å². The molecule has 0 amide bonds. The first-order valence-electron chi connectivity index (χ1n) is 23.7. The molecule has 0 aliphatic rings. The molecule has 0 aromatic rings. The largest absolute Gasteiger partial charge is 0.462 e. The highest BCUT2D eigenvalue weighted by Crippen LogP contribution is 2.14. The Labute approximate surface area is 362 Å². The maximum absolute atomic E-state index is 12.7. The first kappa shape index (κ1) is 55.3. The molecule has 0 aromatic heterocycles. The fourth-order valence-electron chi connectivity index (χ4n) is 6.09. The third-order valence-electron chi connectivity index (χ3n) is 9.60. The smallest absolute Gasteiger partial charge is 0.306 e. The Morgan fingerprint density at radius 3 is 1.10 bits per heavy atom. The number of esters is 3. The van der Waals surface area contributed by atoms with Crippen molar-refractivity contribution in [2.75, 3.05) is 13.2 Å². The summed E-state index contributed by atoms with van der Waals surface area (Å²) in [6.07, 6.45) is 61.2. The summed E-state index contributed by atoms with van der Waals surface area (Å²) in [7, 11) is 0. The predicted molar refractivity (Wildman–Crippen MR) is 251 cm³/mol. The maximum atomic E-state index is 12.7. The van der Waals surface area contributed by atoms with Crippen LogP contribution >= 0.6 is 0 Å². The van der Waals surface area contributed by atoms with Gasteiger partial charge in [-0.15, -0.1) is 0 Å². The van der Waals surface area contributed by atoms with Crippen molar-refractivity contribution >= 4 is 17.9 Å². The maximum Gasteiger partial charge on any atom is 0.306 e. The number of unbranched alkanes of at least 4 members (excludes halogenated alkanes) is 14. The second-order valence-corrected chi connectivity index (χ2v) is 15.3. The van der Waals surface area contributed by atoms with E-state index in [2.05, 4.69) is 106 Å². The number of allylic oxidation sites excluding steroid dienone is 16. The quantitative estimate of drug-likeness (QED) is 0.0265. The van der Waals surface area contributed by atoms with E-state index in [0.717, 1.165) is 83.5 Å². The van der Waals surface area contributed by atoms with E-state index >= 15 is 0 Å². The Balaban J connectivity index is 4.55. The second-order valence-electron chi connectivity index (χ2n) is 15.3. The van der Waals surface area contributed by atoms with Gasteiger partial charge in [-0.25, -0.2) is 0 Å². The molecule has 1 atom stereocenters. The van der Waals surface area contributed by atoms with Gasteiger partial charge in [0.25, 0.3) is 0 Å². The molecule has 1 unspecified atom stereocenters. The number of carbonyl (C=O) groups excluding carboxylic acids is 3. The second kappa shape index (κ2) is 47.0. The molecule has 0 spiro atoms. The zero-order valence-corrected chi connectivity index (χ0v) is 38.0. The molecule has 0 heterocycles. The van der Waals surface area contributed by atoms with Gasteiger partial charge in [-0.2, -0.15) is 0 Å². The third-order valence-corrected chi connectivity index (χ3v) is 9.60. The summed E-state index contributed by atoms with van der Waals surface area (Å²) in [5, 5.41) is 0. The van der Waals surface area contributed by atoms with Crippen molar-refractivity contribution in [1.82, 2.24) is 0 Å². The Morgan fingerprint density at radius 1 is 0.356 bits per heavy atom. The van der Waals surface area contributed by atoms with Gasteiger partial charge >= 0.3 is 17.9 Å². The van der Waals surface area contributed by atoms with Crippen LogP contribution in [0.2, 0.25) is 0 Å². The van der Waals surface area contributed by atoms with Crippen LogP contribution in [0.5, 0.6) is 0 Å². The summed E-state index contributed by atoms with van der Waals surface area (Å²) in [4.78, 5) is 37.8. The van der Waals surface area contributed by atoms with Gasteiger partial charge < -0.3 is 14.2 Å². The Morgan fingerprint density at radius 2 is 0.695 bits per heavy atom. The molecule has 0 fully saturated rings. The van der Waals surface area contributed by atoms with Gasteiger partial charge in [0.1, 0.15) is 13.2 Å². The van der Waals surface area contributed by atoms with Gasteiger partial charge in [-0.3, -0.25) is 14.4 Å². The van der Waals surface area contributed by atoms with Crippen molar-refractivity contribution in [3.63, 3.8) is 0 Å². The Kier molecular flexibility index (Phi) is 44.1. The van der Waals surface area contributed by atoms with Gasteiger partial charge in [0, 0.05) is 19.3 Å². The fourth-order valence-corrected chi connectivity index (χ4v) is 6.09.